The van der Waals surface area contributed by atoms with Gasteiger partial charge in [0.1, 0.15) is 0 Å². The van der Waals surface area contributed by atoms with E-state index in [1.807, 2.05) is 6.08 Å². The molecule has 0 aromatic carbocycles. The number of hydrogen-bond donors (Lipinski definition) is 0. The lowest BCUT2D eigenvalue weighted by Gasteiger charge is -2.18. The number of ether oxygens (including phenoxy) is 4. The van der Waals surface area contributed by atoms with Crippen molar-refractivity contribution in [3.63, 3.8) is 0 Å². The molecule has 0 saturated carbocycles. The molecule has 26 heavy (non-hydrogen) atoms. The van der Waals surface area contributed by atoms with Gasteiger partial charge < -0.3 is 18.9 Å². The van der Waals surface area contributed by atoms with Crippen molar-refractivity contribution in [2.75, 3.05) is 26.6 Å². The fraction of sp³-hybridized carbons (Fsp3) is 0.909. The lowest BCUT2D eigenvalue weighted by Crippen LogP contribution is -2.18. The van der Waals surface area contributed by atoms with Crippen LogP contribution in [0.4, 0.5) is 0 Å². The average molecular weight is 373 g/mol. The van der Waals surface area contributed by atoms with Gasteiger partial charge in [0.15, 0.2) is 13.1 Å². The van der Waals surface area contributed by atoms with Crippen LogP contribution in [0.3, 0.4) is 0 Å². The Balaban J connectivity index is 3.70. The highest BCUT2D eigenvalue weighted by Crippen LogP contribution is 2.09. The molecular weight excluding hydrogens is 328 g/mol. The summed E-state index contributed by atoms with van der Waals surface area (Å²) in [5, 5.41) is 0. The van der Waals surface area contributed by atoms with Gasteiger partial charge in [-0.05, 0) is 31.8 Å². The summed E-state index contributed by atoms with van der Waals surface area (Å²) < 4.78 is 22.6. The third-order valence-electron chi connectivity index (χ3n) is 4.16. The standard InChI is InChI=1S/C22H44O4/c1-4-7-10-14-17-23-21-24-18-15-11-16-22(25-19-12-8-5-2)26-20-13-9-6-3/h15,18,22H,4-14,16-17,19-21H2,1-3H3. The molecule has 0 aliphatic rings. The topological polar surface area (TPSA) is 36.9 Å². The van der Waals surface area contributed by atoms with Crippen LogP contribution in [0.15, 0.2) is 12.3 Å². The largest absolute Gasteiger partial charge is 0.475 e. The number of allylic oxidation sites excluding steroid dienone is 1. The van der Waals surface area contributed by atoms with E-state index in [-0.39, 0.29) is 6.29 Å². The molecule has 0 aromatic rings. The molecule has 156 valence electrons. The lowest BCUT2D eigenvalue weighted by atomic mass is 10.2. The molecular formula is C22H44O4. The van der Waals surface area contributed by atoms with E-state index in [4.69, 9.17) is 18.9 Å². The van der Waals surface area contributed by atoms with Crippen molar-refractivity contribution in [1.29, 1.82) is 0 Å². The zero-order valence-electron chi connectivity index (χ0n) is 17.7. The van der Waals surface area contributed by atoms with E-state index < -0.39 is 0 Å². The monoisotopic (exact) mass is 372 g/mol. The van der Waals surface area contributed by atoms with E-state index in [1.165, 1.54) is 44.9 Å². The molecule has 0 aliphatic heterocycles. The molecule has 4 heteroatoms. The van der Waals surface area contributed by atoms with Crippen molar-refractivity contribution >= 4 is 0 Å². The van der Waals surface area contributed by atoms with Crippen LogP contribution in [-0.4, -0.2) is 32.9 Å². The third-order valence-corrected chi connectivity index (χ3v) is 4.16. The van der Waals surface area contributed by atoms with E-state index in [1.54, 1.807) is 6.26 Å². The second kappa shape index (κ2) is 22.5. The summed E-state index contributed by atoms with van der Waals surface area (Å²) in [6, 6.07) is 0. The fourth-order valence-electron chi connectivity index (χ4n) is 2.49. The highest BCUT2D eigenvalue weighted by atomic mass is 16.7. The molecule has 0 spiro atoms. The first-order valence-corrected chi connectivity index (χ1v) is 10.9. The summed E-state index contributed by atoms with van der Waals surface area (Å²) in [4.78, 5) is 0. The van der Waals surface area contributed by atoms with Gasteiger partial charge in [-0.2, -0.15) is 0 Å². The first-order valence-electron chi connectivity index (χ1n) is 10.9. The quantitative estimate of drug-likeness (QED) is 0.129. The second-order valence-electron chi connectivity index (χ2n) is 6.79. The predicted octanol–water partition coefficient (Wildman–Crippen LogP) is 6.59. The van der Waals surface area contributed by atoms with E-state index in [2.05, 4.69) is 20.8 Å². The van der Waals surface area contributed by atoms with Gasteiger partial charge in [-0.15, -0.1) is 0 Å². The first-order chi connectivity index (χ1) is 12.8. The number of rotatable bonds is 21. The summed E-state index contributed by atoms with van der Waals surface area (Å²) in [5.41, 5.74) is 0. The van der Waals surface area contributed by atoms with E-state index in [0.29, 0.717) is 6.79 Å². The van der Waals surface area contributed by atoms with Gasteiger partial charge in [-0.3, -0.25) is 0 Å². The van der Waals surface area contributed by atoms with Crippen LogP contribution >= 0.6 is 0 Å². The average Bonchev–Trinajstić information content (AvgIpc) is 2.66. The predicted molar refractivity (Wildman–Crippen MR) is 109 cm³/mol. The van der Waals surface area contributed by atoms with E-state index in [9.17, 15) is 0 Å². The Bertz CT molecular complexity index is 269. The van der Waals surface area contributed by atoms with Gasteiger partial charge >= 0.3 is 0 Å². The van der Waals surface area contributed by atoms with Crippen LogP contribution < -0.4 is 0 Å². The minimum absolute atomic E-state index is 0.0943. The lowest BCUT2D eigenvalue weighted by molar-refractivity contribution is -0.146. The van der Waals surface area contributed by atoms with Gasteiger partial charge in [0, 0.05) is 19.6 Å². The maximum Gasteiger partial charge on any atom is 0.188 e. The van der Waals surface area contributed by atoms with Gasteiger partial charge in [-0.25, -0.2) is 0 Å². The Morgan fingerprint density at radius 3 is 1.88 bits per heavy atom. The molecule has 0 N–H and O–H groups in total. The fourth-order valence-corrected chi connectivity index (χ4v) is 2.49. The molecule has 0 atom stereocenters. The smallest absolute Gasteiger partial charge is 0.188 e. The molecule has 0 saturated heterocycles. The molecule has 0 amide bonds. The first kappa shape index (κ1) is 25.4. The van der Waals surface area contributed by atoms with Crippen LogP contribution in [0.2, 0.25) is 0 Å². The number of hydrogen-bond acceptors (Lipinski definition) is 4. The van der Waals surface area contributed by atoms with Crippen molar-refractivity contribution in [3.8, 4) is 0 Å². The summed E-state index contributed by atoms with van der Waals surface area (Å²) >= 11 is 0. The maximum atomic E-state index is 5.89. The molecule has 0 unspecified atom stereocenters. The Morgan fingerprint density at radius 2 is 1.27 bits per heavy atom. The van der Waals surface area contributed by atoms with Crippen molar-refractivity contribution < 1.29 is 18.9 Å². The zero-order valence-corrected chi connectivity index (χ0v) is 17.7. The highest BCUT2D eigenvalue weighted by Gasteiger charge is 2.08. The maximum absolute atomic E-state index is 5.89. The van der Waals surface area contributed by atoms with Crippen molar-refractivity contribution in [1.82, 2.24) is 0 Å². The van der Waals surface area contributed by atoms with Crippen LogP contribution in [0.1, 0.15) is 97.8 Å². The molecule has 4 nitrogen and oxygen atoms in total. The Hall–Kier alpha value is -0.580. The molecule has 0 bridgehead atoms. The van der Waals surface area contributed by atoms with E-state index >= 15 is 0 Å². The van der Waals surface area contributed by atoms with Crippen molar-refractivity contribution in [3.05, 3.63) is 12.3 Å². The van der Waals surface area contributed by atoms with Gasteiger partial charge in [0.2, 0.25) is 0 Å². The van der Waals surface area contributed by atoms with Crippen molar-refractivity contribution in [2.45, 2.75) is 104 Å². The zero-order chi connectivity index (χ0) is 19.1. The van der Waals surface area contributed by atoms with Crippen LogP contribution in [-0.2, 0) is 18.9 Å². The minimum atomic E-state index is -0.0943. The Morgan fingerprint density at radius 1 is 0.692 bits per heavy atom. The normalized spacial score (nSPS) is 11.7. The molecule has 0 fully saturated rings. The van der Waals surface area contributed by atoms with Crippen LogP contribution in [0, 0.1) is 0 Å². The Labute approximate surface area is 162 Å². The van der Waals surface area contributed by atoms with Gasteiger partial charge in [0.05, 0.1) is 12.9 Å². The minimum Gasteiger partial charge on any atom is -0.475 e. The summed E-state index contributed by atoms with van der Waals surface area (Å²) in [6.45, 7) is 9.33. The SMILES string of the molecule is CCCCCCOCOC=CCCC(OCCCCC)OCCCCC. The van der Waals surface area contributed by atoms with E-state index in [0.717, 1.165) is 51.9 Å². The molecule has 0 rings (SSSR count). The molecule has 0 heterocycles. The summed E-state index contributed by atoms with van der Waals surface area (Å²) in [6.07, 6.45) is 17.4. The molecule has 0 aromatic heterocycles. The van der Waals surface area contributed by atoms with Gasteiger partial charge in [-0.1, -0.05) is 65.7 Å². The summed E-state index contributed by atoms with van der Waals surface area (Å²) in [5.74, 6) is 0. The van der Waals surface area contributed by atoms with Crippen LogP contribution in [0.25, 0.3) is 0 Å². The number of unbranched alkanes of at least 4 members (excludes halogenated alkanes) is 7. The third kappa shape index (κ3) is 19.7. The molecule has 0 radical (unpaired) electrons. The van der Waals surface area contributed by atoms with Crippen molar-refractivity contribution in [2.24, 2.45) is 0 Å². The summed E-state index contributed by atoms with van der Waals surface area (Å²) in [7, 11) is 0. The highest BCUT2D eigenvalue weighted by molar-refractivity contribution is 4.73. The Kier molecular flexibility index (Phi) is 22.0. The molecule has 0 aliphatic carbocycles. The van der Waals surface area contributed by atoms with Gasteiger partial charge in [0.25, 0.3) is 0 Å². The van der Waals surface area contributed by atoms with Crippen LogP contribution in [0.5, 0.6) is 0 Å². The second-order valence-corrected chi connectivity index (χ2v) is 6.79.